The molecule has 1 unspecified atom stereocenters. The van der Waals surface area contributed by atoms with Gasteiger partial charge in [-0.15, -0.1) is 12.4 Å². The summed E-state index contributed by atoms with van der Waals surface area (Å²) >= 11 is 0. The average molecular weight is 298 g/mol. The normalized spacial score (nSPS) is 19.2. The molecular weight excluding hydrogens is 274 g/mol. The SMILES string of the molecule is Cc1ccccc1NC(=O)CN1CCCCC1CN.Cl. The molecule has 1 amide bonds. The second kappa shape index (κ2) is 8.25. The van der Waals surface area contributed by atoms with Gasteiger partial charge >= 0.3 is 0 Å². The number of rotatable bonds is 4. The molecule has 1 aliphatic heterocycles. The predicted molar refractivity (Wildman–Crippen MR) is 85.3 cm³/mol. The highest BCUT2D eigenvalue weighted by Gasteiger charge is 2.22. The summed E-state index contributed by atoms with van der Waals surface area (Å²) in [6.45, 7) is 4.05. The van der Waals surface area contributed by atoms with Crippen LogP contribution in [0.2, 0.25) is 0 Å². The number of likely N-dealkylation sites (tertiary alicyclic amines) is 1. The van der Waals surface area contributed by atoms with Crippen LogP contribution in [0.4, 0.5) is 5.69 Å². The maximum Gasteiger partial charge on any atom is 0.238 e. The Morgan fingerprint density at radius 1 is 1.40 bits per heavy atom. The van der Waals surface area contributed by atoms with Crippen LogP contribution in [-0.4, -0.2) is 36.5 Å². The van der Waals surface area contributed by atoms with Crippen molar-refractivity contribution in [3.63, 3.8) is 0 Å². The van der Waals surface area contributed by atoms with Gasteiger partial charge in [-0.1, -0.05) is 24.6 Å². The van der Waals surface area contributed by atoms with Crippen LogP contribution in [0.5, 0.6) is 0 Å². The second-order valence-corrected chi connectivity index (χ2v) is 5.22. The Morgan fingerprint density at radius 3 is 2.85 bits per heavy atom. The molecule has 1 aromatic rings. The molecule has 1 heterocycles. The van der Waals surface area contributed by atoms with E-state index in [9.17, 15) is 4.79 Å². The van der Waals surface area contributed by atoms with Crippen molar-refractivity contribution in [2.75, 3.05) is 25.0 Å². The third-order valence-electron chi connectivity index (χ3n) is 3.79. The van der Waals surface area contributed by atoms with Gasteiger partial charge in [0.15, 0.2) is 0 Å². The van der Waals surface area contributed by atoms with Crippen molar-refractivity contribution in [1.82, 2.24) is 4.90 Å². The fraction of sp³-hybridized carbons (Fsp3) is 0.533. The van der Waals surface area contributed by atoms with Crippen molar-refractivity contribution in [2.24, 2.45) is 5.73 Å². The van der Waals surface area contributed by atoms with E-state index in [2.05, 4.69) is 10.2 Å². The average Bonchev–Trinajstić information content (AvgIpc) is 2.42. The Morgan fingerprint density at radius 2 is 2.15 bits per heavy atom. The van der Waals surface area contributed by atoms with Gasteiger partial charge in [0.05, 0.1) is 6.54 Å². The van der Waals surface area contributed by atoms with Gasteiger partial charge < -0.3 is 11.1 Å². The largest absolute Gasteiger partial charge is 0.329 e. The van der Waals surface area contributed by atoms with Gasteiger partial charge in [0.2, 0.25) is 5.91 Å². The van der Waals surface area contributed by atoms with Gasteiger partial charge in [-0.05, 0) is 37.9 Å². The summed E-state index contributed by atoms with van der Waals surface area (Å²) in [7, 11) is 0. The molecule has 2 rings (SSSR count). The Bertz CT molecular complexity index is 439. The zero-order chi connectivity index (χ0) is 13.7. The standard InChI is InChI=1S/C15H23N3O.ClH/c1-12-6-2-3-8-14(12)17-15(19)11-18-9-5-4-7-13(18)10-16;/h2-3,6,8,13H,4-5,7,9-11,16H2,1H3,(H,17,19);1H. The first-order valence-electron chi connectivity index (χ1n) is 7.00. The van der Waals surface area contributed by atoms with E-state index in [0.717, 1.165) is 30.6 Å². The molecule has 0 aromatic heterocycles. The van der Waals surface area contributed by atoms with Crippen LogP contribution >= 0.6 is 12.4 Å². The minimum absolute atomic E-state index is 0. The van der Waals surface area contributed by atoms with Crippen molar-refractivity contribution in [2.45, 2.75) is 32.2 Å². The monoisotopic (exact) mass is 297 g/mol. The summed E-state index contributed by atoms with van der Waals surface area (Å²) in [5.41, 5.74) is 7.76. The number of nitrogens with zero attached hydrogens (tertiary/aromatic N) is 1. The number of para-hydroxylation sites is 1. The number of hydrogen-bond acceptors (Lipinski definition) is 3. The van der Waals surface area contributed by atoms with Crippen LogP contribution < -0.4 is 11.1 Å². The van der Waals surface area contributed by atoms with Crippen LogP contribution in [0, 0.1) is 6.92 Å². The maximum absolute atomic E-state index is 12.1. The molecule has 20 heavy (non-hydrogen) atoms. The number of anilines is 1. The summed E-state index contributed by atoms with van der Waals surface area (Å²) in [6, 6.07) is 8.20. The van der Waals surface area contributed by atoms with E-state index in [1.807, 2.05) is 31.2 Å². The Hall–Kier alpha value is -1.10. The van der Waals surface area contributed by atoms with E-state index in [-0.39, 0.29) is 18.3 Å². The molecule has 112 valence electrons. The van der Waals surface area contributed by atoms with Crippen molar-refractivity contribution >= 4 is 24.0 Å². The van der Waals surface area contributed by atoms with Crippen molar-refractivity contribution < 1.29 is 4.79 Å². The maximum atomic E-state index is 12.1. The number of piperidine rings is 1. The number of carbonyl (C=O) groups is 1. The van der Waals surface area contributed by atoms with Crippen LogP contribution in [0.1, 0.15) is 24.8 Å². The summed E-state index contributed by atoms with van der Waals surface area (Å²) in [5, 5.41) is 2.98. The van der Waals surface area contributed by atoms with E-state index in [4.69, 9.17) is 5.73 Å². The highest BCUT2D eigenvalue weighted by Crippen LogP contribution is 2.17. The Balaban J connectivity index is 0.00000200. The zero-order valence-electron chi connectivity index (χ0n) is 12.0. The van der Waals surface area contributed by atoms with Gasteiger partial charge in [0.1, 0.15) is 0 Å². The molecule has 5 heteroatoms. The third kappa shape index (κ3) is 4.47. The molecular formula is C15H24ClN3O. The first-order chi connectivity index (χ1) is 9.20. The lowest BCUT2D eigenvalue weighted by Crippen LogP contribution is -2.47. The summed E-state index contributed by atoms with van der Waals surface area (Å²) in [4.78, 5) is 14.3. The minimum Gasteiger partial charge on any atom is -0.329 e. The van der Waals surface area contributed by atoms with Crippen molar-refractivity contribution in [3.8, 4) is 0 Å². The first-order valence-corrected chi connectivity index (χ1v) is 7.00. The lowest BCUT2D eigenvalue weighted by atomic mass is 10.0. The number of carbonyl (C=O) groups excluding carboxylic acids is 1. The van der Waals surface area contributed by atoms with Gasteiger partial charge in [0, 0.05) is 18.3 Å². The summed E-state index contributed by atoms with van der Waals surface area (Å²) < 4.78 is 0. The molecule has 1 atom stereocenters. The zero-order valence-corrected chi connectivity index (χ0v) is 12.8. The van der Waals surface area contributed by atoms with Crippen LogP contribution in [0.25, 0.3) is 0 Å². The molecule has 0 radical (unpaired) electrons. The highest BCUT2D eigenvalue weighted by atomic mass is 35.5. The minimum atomic E-state index is 0. The third-order valence-corrected chi connectivity index (χ3v) is 3.79. The number of nitrogens with one attached hydrogen (secondary N) is 1. The number of benzene rings is 1. The quantitative estimate of drug-likeness (QED) is 0.895. The number of nitrogens with two attached hydrogens (primary N) is 1. The number of hydrogen-bond donors (Lipinski definition) is 2. The van der Waals surface area contributed by atoms with E-state index in [0.29, 0.717) is 19.1 Å². The van der Waals surface area contributed by atoms with Gasteiger partial charge in [-0.2, -0.15) is 0 Å². The van der Waals surface area contributed by atoms with E-state index < -0.39 is 0 Å². The lowest BCUT2D eigenvalue weighted by molar-refractivity contribution is -0.118. The van der Waals surface area contributed by atoms with Crippen molar-refractivity contribution in [1.29, 1.82) is 0 Å². The smallest absolute Gasteiger partial charge is 0.238 e. The van der Waals surface area contributed by atoms with Crippen LogP contribution in [-0.2, 0) is 4.79 Å². The molecule has 1 fully saturated rings. The molecule has 4 nitrogen and oxygen atoms in total. The number of halogens is 1. The summed E-state index contributed by atoms with van der Waals surface area (Å²) in [5.74, 6) is 0.0506. The topological polar surface area (TPSA) is 58.4 Å². The molecule has 0 bridgehead atoms. The van der Waals surface area contributed by atoms with E-state index in [1.54, 1.807) is 0 Å². The first kappa shape index (κ1) is 17.0. The molecule has 1 aliphatic rings. The molecule has 0 saturated carbocycles. The fourth-order valence-electron chi connectivity index (χ4n) is 2.62. The van der Waals surface area contributed by atoms with Crippen LogP contribution in [0.15, 0.2) is 24.3 Å². The molecule has 1 saturated heterocycles. The molecule has 1 aromatic carbocycles. The Kier molecular flexibility index (Phi) is 6.99. The van der Waals surface area contributed by atoms with Gasteiger partial charge in [-0.3, -0.25) is 9.69 Å². The Labute approximate surface area is 127 Å². The van der Waals surface area contributed by atoms with Crippen LogP contribution in [0.3, 0.4) is 0 Å². The molecule has 0 aliphatic carbocycles. The fourth-order valence-corrected chi connectivity index (χ4v) is 2.62. The number of aryl methyl sites for hydroxylation is 1. The number of amides is 1. The lowest BCUT2D eigenvalue weighted by Gasteiger charge is -2.34. The molecule has 3 N–H and O–H groups in total. The summed E-state index contributed by atoms with van der Waals surface area (Å²) in [6.07, 6.45) is 3.49. The highest BCUT2D eigenvalue weighted by molar-refractivity contribution is 5.92. The predicted octanol–water partition coefficient (Wildman–Crippen LogP) is 2.17. The van der Waals surface area contributed by atoms with E-state index >= 15 is 0 Å². The molecule has 0 spiro atoms. The van der Waals surface area contributed by atoms with Gasteiger partial charge in [0.25, 0.3) is 0 Å². The van der Waals surface area contributed by atoms with Gasteiger partial charge in [-0.25, -0.2) is 0 Å². The van der Waals surface area contributed by atoms with Crippen molar-refractivity contribution in [3.05, 3.63) is 29.8 Å². The van der Waals surface area contributed by atoms with E-state index in [1.165, 1.54) is 6.42 Å². The second-order valence-electron chi connectivity index (χ2n) is 5.22.